The fourth-order valence-electron chi connectivity index (χ4n) is 3.41. The summed E-state index contributed by atoms with van der Waals surface area (Å²) in [5, 5.41) is 12.6. The number of hydrogen-bond acceptors (Lipinski definition) is 4. The lowest BCUT2D eigenvalue weighted by Gasteiger charge is -2.28. The number of nitrogens with one attached hydrogen (secondary N) is 1. The van der Waals surface area contributed by atoms with Crippen LogP contribution in [-0.4, -0.2) is 19.3 Å². The summed E-state index contributed by atoms with van der Waals surface area (Å²) in [7, 11) is 3.29. The van der Waals surface area contributed by atoms with Gasteiger partial charge in [-0.1, -0.05) is 12.1 Å². The molecule has 4 nitrogen and oxygen atoms in total. The number of benzene rings is 2. The summed E-state index contributed by atoms with van der Waals surface area (Å²) in [5.74, 6) is 1.12. The summed E-state index contributed by atoms with van der Waals surface area (Å²) in [6.07, 6.45) is 3.14. The maximum absolute atomic E-state index is 13.8. The average Bonchev–Trinajstić information content (AvgIpc) is 2.65. The van der Waals surface area contributed by atoms with Crippen LogP contribution in [0.4, 0.5) is 4.39 Å². The van der Waals surface area contributed by atoms with Gasteiger partial charge in [0, 0.05) is 18.2 Å². The second kappa shape index (κ2) is 7.85. The molecule has 1 atom stereocenters. The molecule has 0 saturated carbocycles. The van der Waals surface area contributed by atoms with Crippen molar-refractivity contribution in [3.8, 4) is 11.5 Å². The monoisotopic (exact) mass is 345 g/mol. The molecule has 2 aromatic carbocycles. The molecule has 0 aromatic heterocycles. The number of halogens is 1. The molecule has 0 radical (unpaired) electrons. The minimum atomic E-state index is -0.364. The molecular formula is C20H24FNO3. The van der Waals surface area contributed by atoms with Crippen molar-refractivity contribution in [3.05, 3.63) is 58.4 Å². The van der Waals surface area contributed by atoms with Crippen molar-refractivity contribution in [2.45, 2.75) is 38.5 Å². The zero-order chi connectivity index (χ0) is 17.8. The first kappa shape index (κ1) is 17.7. The normalized spacial score (nSPS) is 16.4. The molecule has 0 saturated heterocycles. The second-order valence-electron chi connectivity index (χ2n) is 6.32. The van der Waals surface area contributed by atoms with Crippen LogP contribution in [0.15, 0.2) is 30.3 Å². The first-order valence-electron chi connectivity index (χ1n) is 8.52. The minimum absolute atomic E-state index is 0.198. The molecule has 25 heavy (non-hydrogen) atoms. The van der Waals surface area contributed by atoms with Gasteiger partial charge in [0.15, 0.2) is 11.5 Å². The summed E-state index contributed by atoms with van der Waals surface area (Å²) < 4.78 is 24.6. The van der Waals surface area contributed by atoms with Crippen molar-refractivity contribution in [1.29, 1.82) is 0 Å². The van der Waals surface area contributed by atoms with E-state index in [-0.39, 0.29) is 18.5 Å². The molecular weight excluding hydrogens is 321 g/mol. The SMILES string of the molecule is COc1cc2c(cc1OC)C(NCc1ccc(CO)c(F)c1)CCC2. The Bertz CT molecular complexity index is 748. The summed E-state index contributed by atoms with van der Waals surface area (Å²) in [6, 6.07) is 9.26. The Morgan fingerprint density at radius 3 is 2.60 bits per heavy atom. The first-order chi connectivity index (χ1) is 12.2. The first-order valence-corrected chi connectivity index (χ1v) is 8.52. The number of methoxy groups -OCH3 is 2. The van der Waals surface area contributed by atoms with Crippen molar-refractivity contribution in [3.63, 3.8) is 0 Å². The number of aliphatic hydroxyl groups is 1. The molecule has 0 spiro atoms. The van der Waals surface area contributed by atoms with Crippen molar-refractivity contribution < 1.29 is 19.0 Å². The van der Waals surface area contributed by atoms with Crippen LogP contribution in [0.5, 0.6) is 11.5 Å². The van der Waals surface area contributed by atoms with Crippen molar-refractivity contribution >= 4 is 0 Å². The molecule has 1 unspecified atom stereocenters. The highest BCUT2D eigenvalue weighted by atomic mass is 19.1. The number of aryl methyl sites for hydroxylation is 1. The third kappa shape index (κ3) is 3.78. The largest absolute Gasteiger partial charge is 0.493 e. The second-order valence-corrected chi connectivity index (χ2v) is 6.32. The minimum Gasteiger partial charge on any atom is -0.493 e. The highest BCUT2D eigenvalue weighted by molar-refractivity contribution is 5.49. The third-order valence-corrected chi connectivity index (χ3v) is 4.80. The molecule has 0 heterocycles. The standard InChI is InChI=1S/C20H24FNO3/c1-24-19-9-14-4-3-5-18(16(14)10-20(19)25-2)22-11-13-6-7-15(12-23)17(21)8-13/h6-10,18,22-23H,3-5,11-12H2,1-2H3. The fraction of sp³-hybridized carbons (Fsp3) is 0.400. The molecule has 1 aliphatic carbocycles. The van der Waals surface area contributed by atoms with E-state index in [9.17, 15) is 4.39 Å². The van der Waals surface area contributed by atoms with E-state index in [2.05, 4.69) is 11.4 Å². The van der Waals surface area contributed by atoms with Crippen LogP contribution in [0.25, 0.3) is 0 Å². The number of aliphatic hydroxyl groups excluding tert-OH is 1. The third-order valence-electron chi connectivity index (χ3n) is 4.80. The van der Waals surface area contributed by atoms with Gasteiger partial charge < -0.3 is 19.9 Å². The Kier molecular flexibility index (Phi) is 5.56. The predicted molar refractivity (Wildman–Crippen MR) is 94.4 cm³/mol. The predicted octanol–water partition coefficient (Wildman–Crippen LogP) is 3.50. The molecule has 2 aromatic rings. The Hall–Kier alpha value is -2.11. The summed E-state index contributed by atoms with van der Waals surface area (Å²) >= 11 is 0. The van der Waals surface area contributed by atoms with Crippen LogP contribution in [-0.2, 0) is 19.6 Å². The molecule has 0 bridgehead atoms. The number of hydrogen-bond donors (Lipinski definition) is 2. The van der Waals surface area contributed by atoms with E-state index in [1.165, 1.54) is 17.2 Å². The van der Waals surface area contributed by atoms with Gasteiger partial charge in [-0.3, -0.25) is 0 Å². The molecule has 0 fully saturated rings. The van der Waals surface area contributed by atoms with Crippen molar-refractivity contribution in [2.24, 2.45) is 0 Å². The number of rotatable bonds is 6. The van der Waals surface area contributed by atoms with E-state index >= 15 is 0 Å². The van der Waals surface area contributed by atoms with Crippen molar-refractivity contribution in [1.82, 2.24) is 5.32 Å². The topological polar surface area (TPSA) is 50.7 Å². The lowest BCUT2D eigenvalue weighted by atomic mass is 9.87. The van der Waals surface area contributed by atoms with Gasteiger partial charge in [-0.25, -0.2) is 4.39 Å². The summed E-state index contributed by atoms with van der Waals surface area (Å²) in [6.45, 7) is 0.290. The number of fused-ring (bicyclic) bond motifs is 1. The van der Waals surface area contributed by atoms with Gasteiger partial charge in [0.1, 0.15) is 5.82 Å². The van der Waals surface area contributed by atoms with Gasteiger partial charge >= 0.3 is 0 Å². The molecule has 134 valence electrons. The Morgan fingerprint density at radius 2 is 1.92 bits per heavy atom. The zero-order valence-electron chi connectivity index (χ0n) is 14.6. The highest BCUT2D eigenvalue weighted by Crippen LogP contribution is 2.38. The van der Waals surface area contributed by atoms with Gasteiger partial charge in [-0.05, 0) is 54.2 Å². The summed E-state index contributed by atoms with van der Waals surface area (Å²) in [5.41, 5.74) is 3.67. The molecule has 3 rings (SSSR count). The van der Waals surface area contributed by atoms with E-state index in [0.29, 0.717) is 12.1 Å². The summed E-state index contributed by atoms with van der Waals surface area (Å²) in [4.78, 5) is 0. The Labute approximate surface area is 147 Å². The maximum atomic E-state index is 13.8. The highest BCUT2D eigenvalue weighted by Gasteiger charge is 2.22. The van der Waals surface area contributed by atoms with Crippen LogP contribution < -0.4 is 14.8 Å². The van der Waals surface area contributed by atoms with E-state index in [0.717, 1.165) is 36.3 Å². The van der Waals surface area contributed by atoms with Crippen molar-refractivity contribution in [2.75, 3.05) is 14.2 Å². The average molecular weight is 345 g/mol. The molecule has 5 heteroatoms. The molecule has 1 aliphatic rings. The molecule has 0 aliphatic heterocycles. The van der Waals surface area contributed by atoms with Gasteiger partial charge in [-0.2, -0.15) is 0 Å². The zero-order valence-corrected chi connectivity index (χ0v) is 14.6. The van der Waals surface area contributed by atoms with E-state index in [1.54, 1.807) is 20.3 Å². The van der Waals surface area contributed by atoms with Gasteiger partial charge in [0.25, 0.3) is 0 Å². The van der Waals surface area contributed by atoms with E-state index in [4.69, 9.17) is 14.6 Å². The van der Waals surface area contributed by atoms with E-state index < -0.39 is 0 Å². The Morgan fingerprint density at radius 1 is 1.16 bits per heavy atom. The molecule has 0 amide bonds. The molecule has 2 N–H and O–H groups in total. The van der Waals surface area contributed by atoms with Crippen LogP contribution in [0.2, 0.25) is 0 Å². The van der Waals surface area contributed by atoms with Crippen LogP contribution in [0.1, 0.15) is 41.1 Å². The quantitative estimate of drug-likeness (QED) is 0.841. The van der Waals surface area contributed by atoms with E-state index in [1.807, 2.05) is 12.1 Å². The Balaban J connectivity index is 1.78. The van der Waals surface area contributed by atoms with Gasteiger partial charge in [-0.15, -0.1) is 0 Å². The van der Waals surface area contributed by atoms with Crippen LogP contribution in [0.3, 0.4) is 0 Å². The fourth-order valence-corrected chi connectivity index (χ4v) is 3.41. The van der Waals surface area contributed by atoms with Crippen LogP contribution >= 0.6 is 0 Å². The lowest BCUT2D eigenvalue weighted by molar-refractivity contribution is 0.275. The van der Waals surface area contributed by atoms with Crippen LogP contribution in [0, 0.1) is 5.82 Å². The lowest BCUT2D eigenvalue weighted by Crippen LogP contribution is -2.25. The smallest absolute Gasteiger partial charge is 0.161 e. The maximum Gasteiger partial charge on any atom is 0.161 e. The van der Waals surface area contributed by atoms with Gasteiger partial charge in [0.05, 0.1) is 20.8 Å². The van der Waals surface area contributed by atoms with Gasteiger partial charge in [0.2, 0.25) is 0 Å². The number of ether oxygens (including phenoxy) is 2.